The maximum Gasteiger partial charge on any atom is 0.121 e. The molecule has 2 saturated heterocycles. The van der Waals surface area contributed by atoms with E-state index in [9.17, 15) is 4.39 Å². The van der Waals surface area contributed by atoms with Crippen LogP contribution in [-0.2, 0) is 4.74 Å². The second kappa shape index (κ2) is 3.90. The Morgan fingerprint density at radius 3 is 2.92 bits per heavy atom. The molecule has 0 radical (unpaired) electrons. The second-order valence-corrected chi connectivity index (χ2v) is 3.50. The van der Waals surface area contributed by atoms with E-state index in [0.717, 1.165) is 19.4 Å². The van der Waals surface area contributed by atoms with Crippen molar-refractivity contribution in [3.05, 3.63) is 0 Å². The van der Waals surface area contributed by atoms with E-state index < -0.39 is 6.17 Å². The molecule has 0 aliphatic carbocycles. The number of ether oxygens (including phenoxy) is 1. The molecule has 0 bridgehead atoms. The number of halogens is 2. The lowest BCUT2D eigenvalue weighted by Crippen LogP contribution is -2.56. The van der Waals surface area contributed by atoms with Crippen molar-refractivity contribution in [1.29, 1.82) is 0 Å². The fourth-order valence-electron chi connectivity index (χ4n) is 1.97. The topological polar surface area (TPSA) is 21.3 Å². The summed E-state index contributed by atoms with van der Waals surface area (Å²) in [5.74, 6) is 0. The predicted molar refractivity (Wildman–Crippen MR) is 47.5 cm³/mol. The first-order valence-electron chi connectivity index (χ1n) is 4.30. The molecule has 2 nitrogen and oxygen atoms in total. The first-order chi connectivity index (χ1) is 5.33. The maximum absolute atomic E-state index is 13.4. The Morgan fingerprint density at radius 2 is 2.33 bits per heavy atom. The summed E-state index contributed by atoms with van der Waals surface area (Å²) in [5.41, 5.74) is -0.307. The second-order valence-electron chi connectivity index (χ2n) is 3.50. The van der Waals surface area contributed by atoms with Crippen molar-refractivity contribution >= 4 is 12.4 Å². The summed E-state index contributed by atoms with van der Waals surface area (Å²) in [6.45, 7) is 2.23. The van der Waals surface area contributed by atoms with Gasteiger partial charge in [0, 0.05) is 6.61 Å². The van der Waals surface area contributed by atoms with E-state index in [1.807, 2.05) is 0 Å². The molecule has 0 aromatic rings. The third-order valence-electron chi connectivity index (χ3n) is 2.76. The van der Waals surface area contributed by atoms with Crippen molar-refractivity contribution in [2.45, 2.75) is 31.0 Å². The fraction of sp³-hybridized carbons (Fsp3) is 1.00. The van der Waals surface area contributed by atoms with Crippen molar-refractivity contribution in [2.24, 2.45) is 0 Å². The van der Waals surface area contributed by atoms with Crippen LogP contribution in [0.2, 0.25) is 0 Å². The highest BCUT2D eigenvalue weighted by Crippen LogP contribution is 2.30. The van der Waals surface area contributed by atoms with Crippen LogP contribution >= 0.6 is 12.4 Å². The number of hydrogen-bond donors (Lipinski definition) is 1. The molecule has 2 atom stereocenters. The van der Waals surface area contributed by atoms with Crippen LogP contribution in [0.3, 0.4) is 0 Å². The van der Waals surface area contributed by atoms with Gasteiger partial charge >= 0.3 is 0 Å². The molecule has 1 N–H and O–H groups in total. The molecule has 2 aliphatic rings. The van der Waals surface area contributed by atoms with Gasteiger partial charge in [-0.2, -0.15) is 0 Å². The maximum atomic E-state index is 13.4. The molecule has 0 aromatic heterocycles. The van der Waals surface area contributed by atoms with E-state index in [4.69, 9.17) is 4.74 Å². The molecular formula is C8H15ClFNO. The van der Waals surface area contributed by atoms with Gasteiger partial charge in [-0.15, -0.1) is 12.4 Å². The smallest absolute Gasteiger partial charge is 0.121 e. The molecule has 2 heterocycles. The van der Waals surface area contributed by atoms with Gasteiger partial charge in [0.2, 0.25) is 0 Å². The minimum atomic E-state index is -0.696. The standard InChI is InChI=1S/C8H14FNO.ClH/c9-7-2-1-4-10-8(7)3-5-11-6-8;/h7,10H,1-6H2;1H. The van der Waals surface area contributed by atoms with Crippen molar-refractivity contribution in [3.8, 4) is 0 Å². The fourth-order valence-corrected chi connectivity index (χ4v) is 1.97. The molecule has 4 heteroatoms. The molecule has 12 heavy (non-hydrogen) atoms. The molecule has 2 rings (SSSR count). The van der Waals surface area contributed by atoms with Crippen LogP contribution in [0.5, 0.6) is 0 Å². The normalized spacial score (nSPS) is 41.2. The van der Waals surface area contributed by atoms with Gasteiger partial charge < -0.3 is 10.1 Å². The van der Waals surface area contributed by atoms with E-state index >= 15 is 0 Å². The monoisotopic (exact) mass is 195 g/mol. The van der Waals surface area contributed by atoms with E-state index in [2.05, 4.69) is 5.32 Å². The molecule has 72 valence electrons. The van der Waals surface area contributed by atoms with Crippen molar-refractivity contribution in [2.75, 3.05) is 19.8 Å². The average molecular weight is 196 g/mol. The minimum Gasteiger partial charge on any atom is -0.379 e. The SMILES string of the molecule is Cl.FC1CCCNC12CCOC2. The number of alkyl halides is 1. The molecule has 0 aromatic carbocycles. The Hall–Kier alpha value is 0.140. The van der Waals surface area contributed by atoms with Crippen LogP contribution in [0.4, 0.5) is 4.39 Å². The highest BCUT2D eigenvalue weighted by molar-refractivity contribution is 5.85. The summed E-state index contributed by atoms with van der Waals surface area (Å²) in [7, 11) is 0. The number of rotatable bonds is 0. The van der Waals surface area contributed by atoms with Gasteiger partial charge in [0.25, 0.3) is 0 Å². The van der Waals surface area contributed by atoms with Crippen LogP contribution in [0.15, 0.2) is 0 Å². The average Bonchev–Trinajstić information content (AvgIpc) is 2.46. The molecule has 2 aliphatic heterocycles. The third-order valence-corrected chi connectivity index (χ3v) is 2.76. The van der Waals surface area contributed by atoms with E-state index in [1.165, 1.54) is 0 Å². The van der Waals surface area contributed by atoms with Crippen molar-refractivity contribution < 1.29 is 9.13 Å². The minimum absolute atomic E-state index is 0. The van der Waals surface area contributed by atoms with Crippen LogP contribution in [-0.4, -0.2) is 31.5 Å². The number of nitrogens with one attached hydrogen (secondary N) is 1. The molecule has 1 spiro atoms. The predicted octanol–water partition coefficient (Wildman–Crippen LogP) is 1.29. The van der Waals surface area contributed by atoms with Crippen LogP contribution in [0.25, 0.3) is 0 Å². The van der Waals surface area contributed by atoms with Crippen LogP contribution in [0.1, 0.15) is 19.3 Å². The summed E-state index contributed by atoms with van der Waals surface area (Å²) in [6, 6.07) is 0. The first kappa shape index (κ1) is 10.2. The summed E-state index contributed by atoms with van der Waals surface area (Å²) in [4.78, 5) is 0. The first-order valence-corrected chi connectivity index (χ1v) is 4.30. The Labute approximate surface area is 78.3 Å². The quantitative estimate of drug-likeness (QED) is 0.629. The molecule has 0 amide bonds. The molecular weight excluding hydrogens is 181 g/mol. The molecule has 2 fully saturated rings. The Balaban J connectivity index is 0.000000720. The lowest BCUT2D eigenvalue weighted by Gasteiger charge is -2.36. The van der Waals surface area contributed by atoms with Gasteiger partial charge in [-0.05, 0) is 25.8 Å². The highest BCUT2D eigenvalue weighted by Gasteiger charge is 2.43. The summed E-state index contributed by atoms with van der Waals surface area (Å²) in [6.07, 6.45) is 1.81. The van der Waals surface area contributed by atoms with Gasteiger partial charge in [-0.1, -0.05) is 0 Å². The number of piperidine rings is 1. The Bertz CT molecular complexity index is 150. The van der Waals surface area contributed by atoms with Crippen LogP contribution in [0, 0.1) is 0 Å². The summed E-state index contributed by atoms with van der Waals surface area (Å²) < 4.78 is 18.6. The third kappa shape index (κ3) is 1.58. The summed E-state index contributed by atoms with van der Waals surface area (Å²) in [5, 5.41) is 3.24. The lowest BCUT2D eigenvalue weighted by atomic mass is 9.86. The van der Waals surface area contributed by atoms with Gasteiger partial charge in [-0.25, -0.2) is 4.39 Å². The zero-order chi connectivity index (χ0) is 7.73. The lowest BCUT2D eigenvalue weighted by molar-refractivity contribution is 0.0837. The van der Waals surface area contributed by atoms with Gasteiger partial charge in [0.15, 0.2) is 0 Å². The van der Waals surface area contributed by atoms with Gasteiger partial charge in [-0.3, -0.25) is 0 Å². The Kier molecular flexibility index (Phi) is 3.32. The molecule has 0 saturated carbocycles. The van der Waals surface area contributed by atoms with Gasteiger partial charge in [0.05, 0.1) is 12.1 Å². The number of hydrogen-bond acceptors (Lipinski definition) is 2. The van der Waals surface area contributed by atoms with Crippen molar-refractivity contribution in [1.82, 2.24) is 5.32 Å². The van der Waals surface area contributed by atoms with Crippen molar-refractivity contribution in [3.63, 3.8) is 0 Å². The van der Waals surface area contributed by atoms with Crippen LogP contribution < -0.4 is 5.32 Å². The molecule has 2 unspecified atom stereocenters. The Morgan fingerprint density at radius 1 is 1.50 bits per heavy atom. The summed E-state index contributed by atoms with van der Waals surface area (Å²) >= 11 is 0. The van der Waals surface area contributed by atoms with E-state index in [0.29, 0.717) is 19.6 Å². The largest absolute Gasteiger partial charge is 0.379 e. The zero-order valence-corrected chi connectivity index (χ0v) is 7.83. The van der Waals surface area contributed by atoms with E-state index in [-0.39, 0.29) is 17.9 Å². The van der Waals surface area contributed by atoms with E-state index in [1.54, 1.807) is 0 Å². The van der Waals surface area contributed by atoms with Gasteiger partial charge in [0.1, 0.15) is 6.17 Å². The zero-order valence-electron chi connectivity index (χ0n) is 7.01. The highest BCUT2D eigenvalue weighted by atomic mass is 35.5.